The molecule has 2 rings (SSSR count). The van der Waals surface area contributed by atoms with E-state index < -0.39 is 4.92 Å². The summed E-state index contributed by atoms with van der Waals surface area (Å²) in [4.78, 5) is 24.9. The lowest BCUT2D eigenvalue weighted by atomic mass is 10.00. The van der Waals surface area contributed by atoms with Gasteiger partial charge in [-0.2, -0.15) is 0 Å². The third-order valence-electron chi connectivity index (χ3n) is 4.53. The zero-order valence-electron chi connectivity index (χ0n) is 14.0. The fourth-order valence-electron chi connectivity index (χ4n) is 3.20. The largest absolute Gasteiger partial charge is 0.352 e. The van der Waals surface area contributed by atoms with Crippen molar-refractivity contribution in [2.24, 2.45) is 0 Å². The predicted octanol–water partition coefficient (Wildman–Crippen LogP) is 3.63. The molecule has 0 saturated carbocycles. The number of nitrogens with zero attached hydrogens (tertiary/aromatic N) is 2. The second-order valence-corrected chi connectivity index (χ2v) is 6.53. The molecule has 1 fully saturated rings. The Balaban J connectivity index is 1.81. The first kappa shape index (κ1) is 18.7. The van der Waals surface area contributed by atoms with Crippen LogP contribution in [0.15, 0.2) is 18.2 Å². The van der Waals surface area contributed by atoms with Gasteiger partial charge in [0.2, 0.25) is 0 Å². The number of nitro groups is 1. The van der Waals surface area contributed by atoms with E-state index in [0.29, 0.717) is 12.6 Å². The van der Waals surface area contributed by atoms with Crippen LogP contribution in [-0.2, 0) is 0 Å². The number of piperidine rings is 1. The van der Waals surface area contributed by atoms with Crippen molar-refractivity contribution in [3.05, 3.63) is 38.9 Å². The van der Waals surface area contributed by atoms with Crippen LogP contribution in [0.2, 0.25) is 5.02 Å². The molecule has 1 aliphatic heterocycles. The summed E-state index contributed by atoms with van der Waals surface area (Å²) < 4.78 is 0. The fraction of sp³-hybridized carbons (Fsp3) is 0.588. The van der Waals surface area contributed by atoms with Crippen molar-refractivity contribution in [3.63, 3.8) is 0 Å². The summed E-state index contributed by atoms with van der Waals surface area (Å²) in [6.07, 6.45) is 5.86. The Kier molecular flexibility index (Phi) is 6.99. The van der Waals surface area contributed by atoms with Crippen LogP contribution >= 0.6 is 11.6 Å². The molecule has 0 aromatic heterocycles. The number of amides is 1. The van der Waals surface area contributed by atoms with Gasteiger partial charge in [0.1, 0.15) is 5.02 Å². The number of benzene rings is 1. The van der Waals surface area contributed by atoms with Gasteiger partial charge in [0, 0.05) is 30.8 Å². The Hall–Kier alpha value is -1.66. The van der Waals surface area contributed by atoms with Crippen molar-refractivity contribution >= 4 is 23.2 Å². The lowest BCUT2D eigenvalue weighted by Gasteiger charge is -2.35. The van der Waals surface area contributed by atoms with E-state index in [-0.39, 0.29) is 22.2 Å². The van der Waals surface area contributed by atoms with E-state index in [9.17, 15) is 14.9 Å². The number of hydrogen-bond donors (Lipinski definition) is 1. The minimum absolute atomic E-state index is 0.0345. The quantitative estimate of drug-likeness (QED) is 0.461. The van der Waals surface area contributed by atoms with Crippen LogP contribution in [0.3, 0.4) is 0 Å². The normalized spacial score (nSPS) is 18.3. The number of nitro benzene ring substituents is 1. The topological polar surface area (TPSA) is 75.5 Å². The summed E-state index contributed by atoms with van der Waals surface area (Å²) in [5, 5.41) is 13.7. The highest BCUT2D eigenvalue weighted by molar-refractivity contribution is 6.32. The zero-order valence-corrected chi connectivity index (χ0v) is 14.7. The molecule has 1 atom stereocenters. The molecular weight excluding hydrogens is 330 g/mol. The predicted molar refractivity (Wildman–Crippen MR) is 94.6 cm³/mol. The molecule has 1 aliphatic rings. The SMILES string of the molecule is CC[C@H]1CCCCN1CCCNC(=O)c1ccc(Cl)c([N+](=O)[O-])c1. The summed E-state index contributed by atoms with van der Waals surface area (Å²) in [6, 6.07) is 4.76. The highest BCUT2D eigenvalue weighted by atomic mass is 35.5. The summed E-state index contributed by atoms with van der Waals surface area (Å²) in [5.41, 5.74) is 0.0129. The Bertz CT molecular complexity index is 594. The smallest absolute Gasteiger partial charge is 0.288 e. The first-order chi connectivity index (χ1) is 11.5. The monoisotopic (exact) mass is 353 g/mol. The molecule has 1 N–H and O–H groups in total. The van der Waals surface area contributed by atoms with Gasteiger partial charge >= 0.3 is 0 Å². The van der Waals surface area contributed by atoms with Crippen molar-refractivity contribution < 1.29 is 9.72 Å². The first-order valence-corrected chi connectivity index (χ1v) is 8.87. The van der Waals surface area contributed by atoms with E-state index in [1.165, 1.54) is 43.9 Å². The van der Waals surface area contributed by atoms with E-state index >= 15 is 0 Å². The molecule has 132 valence electrons. The molecule has 1 heterocycles. The number of carbonyl (C=O) groups excluding carboxylic acids is 1. The zero-order chi connectivity index (χ0) is 17.5. The molecule has 0 spiro atoms. The maximum Gasteiger partial charge on any atom is 0.288 e. The van der Waals surface area contributed by atoms with Gasteiger partial charge in [0.25, 0.3) is 11.6 Å². The summed E-state index contributed by atoms with van der Waals surface area (Å²) in [6.45, 7) is 4.88. The Morgan fingerprint density at radius 1 is 1.46 bits per heavy atom. The molecule has 1 aromatic carbocycles. The van der Waals surface area contributed by atoms with Crippen LogP contribution in [0.5, 0.6) is 0 Å². The molecular formula is C17H24ClN3O3. The van der Waals surface area contributed by atoms with E-state index in [1.54, 1.807) is 0 Å². The van der Waals surface area contributed by atoms with Crippen molar-refractivity contribution in [2.45, 2.75) is 45.1 Å². The van der Waals surface area contributed by atoms with E-state index in [4.69, 9.17) is 11.6 Å². The number of carbonyl (C=O) groups is 1. The Morgan fingerprint density at radius 2 is 2.25 bits per heavy atom. The standard InChI is InChI=1S/C17H24ClN3O3/c1-2-14-6-3-4-10-20(14)11-5-9-19-17(22)13-7-8-15(18)16(12-13)21(23)24/h7-8,12,14H,2-6,9-11H2,1H3,(H,19,22)/t14-/m0/s1. The fourth-order valence-corrected chi connectivity index (χ4v) is 3.38. The number of hydrogen-bond acceptors (Lipinski definition) is 4. The van der Waals surface area contributed by atoms with Crippen molar-refractivity contribution in [1.29, 1.82) is 0 Å². The van der Waals surface area contributed by atoms with Gasteiger partial charge in [0.15, 0.2) is 0 Å². The molecule has 1 aromatic rings. The highest BCUT2D eigenvalue weighted by Gasteiger charge is 2.20. The number of halogens is 1. The molecule has 24 heavy (non-hydrogen) atoms. The van der Waals surface area contributed by atoms with Crippen molar-refractivity contribution in [3.8, 4) is 0 Å². The van der Waals surface area contributed by atoms with Crippen molar-refractivity contribution in [2.75, 3.05) is 19.6 Å². The van der Waals surface area contributed by atoms with Crippen LogP contribution in [0.4, 0.5) is 5.69 Å². The van der Waals surface area contributed by atoms with Gasteiger partial charge in [-0.05, 0) is 44.4 Å². The highest BCUT2D eigenvalue weighted by Crippen LogP contribution is 2.25. The third kappa shape index (κ3) is 4.92. The van der Waals surface area contributed by atoms with E-state index in [0.717, 1.165) is 19.5 Å². The summed E-state index contributed by atoms with van der Waals surface area (Å²) >= 11 is 5.76. The van der Waals surface area contributed by atoms with Gasteiger partial charge in [-0.25, -0.2) is 0 Å². The average Bonchev–Trinajstić information content (AvgIpc) is 2.59. The van der Waals surface area contributed by atoms with Crippen LogP contribution in [0, 0.1) is 10.1 Å². The van der Waals surface area contributed by atoms with Gasteiger partial charge < -0.3 is 10.2 Å². The molecule has 1 amide bonds. The summed E-state index contributed by atoms with van der Waals surface area (Å²) in [5.74, 6) is -0.305. The third-order valence-corrected chi connectivity index (χ3v) is 4.85. The maximum absolute atomic E-state index is 12.1. The molecule has 0 aliphatic carbocycles. The molecule has 1 saturated heterocycles. The second kappa shape index (κ2) is 8.99. The molecule has 7 heteroatoms. The average molecular weight is 354 g/mol. The lowest BCUT2D eigenvalue weighted by molar-refractivity contribution is -0.384. The molecule has 0 bridgehead atoms. The second-order valence-electron chi connectivity index (χ2n) is 6.13. The lowest BCUT2D eigenvalue weighted by Crippen LogP contribution is -2.40. The van der Waals surface area contributed by atoms with Crippen LogP contribution < -0.4 is 5.32 Å². The van der Waals surface area contributed by atoms with E-state index in [2.05, 4.69) is 17.1 Å². The number of nitrogens with one attached hydrogen (secondary N) is 1. The van der Waals surface area contributed by atoms with Gasteiger partial charge in [0.05, 0.1) is 4.92 Å². The van der Waals surface area contributed by atoms with Crippen LogP contribution in [0.25, 0.3) is 0 Å². The minimum atomic E-state index is -0.583. The maximum atomic E-state index is 12.1. The molecule has 0 radical (unpaired) electrons. The van der Waals surface area contributed by atoms with E-state index in [1.807, 2.05) is 0 Å². The molecule has 6 nitrogen and oxygen atoms in total. The number of likely N-dealkylation sites (tertiary alicyclic amines) is 1. The first-order valence-electron chi connectivity index (χ1n) is 8.49. The summed E-state index contributed by atoms with van der Waals surface area (Å²) in [7, 11) is 0. The minimum Gasteiger partial charge on any atom is -0.352 e. The molecule has 0 unspecified atom stereocenters. The Labute approximate surface area is 147 Å². The van der Waals surface area contributed by atoms with Gasteiger partial charge in [-0.3, -0.25) is 14.9 Å². The van der Waals surface area contributed by atoms with Crippen LogP contribution in [-0.4, -0.2) is 41.4 Å². The van der Waals surface area contributed by atoms with Crippen LogP contribution in [0.1, 0.15) is 49.4 Å². The van der Waals surface area contributed by atoms with Crippen molar-refractivity contribution in [1.82, 2.24) is 10.2 Å². The van der Waals surface area contributed by atoms with Gasteiger partial charge in [-0.15, -0.1) is 0 Å². The number of rotatable bonds is 7. The van der Waals surface area contributed by atoms with Gasteiger partial charge in [-0.1, -0.05) is 24.9 Å². The Morgan fingerprint density at radius 3 is 2.96 bits per heavy atom.